The second-order valence-electron chi connectivity index (χ2n) is 12.4. The summed E-state index contributed by atoms with van der Waals surface area (Å²) in [5.41, 5.74) is -2.44. The minimum Gasteiger partial charge on any atom is -0.494 e. The summed E-state index contributed by atoms with van der Waals surface area (Å²) in [6.07, 6.45) is -8.80. The number of hydrogen-bond donors (Lipinski definition) is 0. The Morgan fingerprint density at radius 3 is 2.15 bits per heavy atom. The molecule has 0 spiro atoms. The van der Waals surface area contributed by atoms with Crippen molar-refractivity contribution in [3.05, 3.63) is 57.0 Å². The molecule has 4 rings (SSSR count). The van der Waals surface area contributed by atoms with E-state index in [-0.39, 0.29) is 52.2 Å². The van der Waals surface area contributed by atoms with Crippen molar-refractivity contribution >= 4 is 21.6 Å². The molecule has 15 heteroatoms. The Hall–Kier alpha value is 0.790. The monoisotopic (exact) mass is 1130 g/mol. The van der Waals surface area contributed by atoms with Crippen LogP contribution >= 0.6 is 21.6 Å². The minimum atomic E-state index is -6.67. The zero-order chi connectivity index (χ0) is 35.8. The van der Waals surface area contributed by atoms with Gasteiger partial charge in [-0.1, -0.05) is 56.4 Å². The molecule has 0 bridgehead atoms. The number of hydrogen-bond acceptors (Lipinski definition) is 4. The largest absolute Gasteiger partial charge is 2.00 e. The molecule has 274 valence electrons. The Labute approximate surface area is 327 Å². The fourth-order valence-corrected chi connectivity index (χ4v) is 8.92. The maximum atomic E-state index is 12.1. The molecule has 0 amide bonds. The van der Waals surface area contributed by atoms with E-state index in [9.17, 15) is 39.5 Å². The molecule has 3 aliphatic carbocycles. The molecule has 0 heterocycles. The van der Waals surface area contributed by atoms with Gasteiger partial charge in [-0.05, 0) is 60.8 Å². The van der Waals surface area contributed by atoms with E-state index in [1.165, 1.54) is 38.5 Å². The molecule has 2 fully saturated rings. The normalized spacial score (nSPS) is 25.1. The zero-order valence-electron chi connectivity index (χ0n) is 28.3. The standard InChI is InChI=1S/C25H36OS2.C7H6F9O.CH3.U.W/c1-17(2)27-28-18(3)12-15-26-20-8-10-21-19(16-20)7-9-23-22(21)11-14-25(4)13-5-6-24(23)25;1-2-3-17-4(5(8,9)10,6(11,12)13)7(14,15)16;;;/h8,10,13,16-18,22-24H,1,5-7,9,11-12,14-15H2,2-4H3;1-3H2;1H3;;/q-2;2*-1;2*+2/t17?,18?,22-,23-,24+,25+;;;;/m1..../s1/i;;1D;;. The van der Waals surface area contributed by atoms with Gasteiger partial charge in [0.15, 0.2) is 0 Å². The van der Waals surface area contributed by atoms with Crippen molar-refractivity contribution in [2.75, 3.05) is 13.2 Å². The minimum absolute atomic E-state index is 0. The van der Waals surface area contributed by atoms with Gasteiger partial charge in [0.25, 0.3) is 0 Å². The van der Waals surface area contributed by atoms with Crippen LogP contribution in [0.25, 0.3) is 0 Å². The second-order valence-corrected chi connectivity index (χ2v) is 15.6. The average molecular weight is 1130 g/mol. The van der Waals surface area contributed by atoms with Crippen molar-refractivity contribution in [2.45, 2.75) is 113 Å². The van der Waals surface area contributed by atoms with Crippen molar-refractivity contribution in [1.82, 2.24) is 0 Å². The summed E-state index contributed by atoms with van der Waals surface area (Å²) in [7, 11) is 6.30. The first-order chi connectivity index (χ1) is 21.8. The third-order valence-corrected chi connectivity index (χ3v) is 12.4. The first kappa shape index (κ1) is 46.8. The van der Waals surface area contributed by atoms with E-state index in [4.69, 9.17) is 6.11 Å². The van der Waals surface area contributed by atoms with Crippen molar-refractivity contribution in [2.24, 2.45) is 17.3 Å². The third kappa shape index (κ3) is 11.4. The van der Waals surface area contributed by atoms with Crippen LogP contribution in [0, 0.1) is 76.0 Å². The van der Waals surface area contributed by atoms with Gasteiger partial charge >= 0.3 is 76.3 Å². The Morgan fingerprint density at radius 1 is 1.00 bits per heavy atom. The smallest absolute Gasteiger partial charge is 0.494 e. The van der Waals surface area contributed by atoms with Gasteiger partial charge in [-0.15, -0.1) is 16.0 Å². The molecule has 2 saturated carbocycles. The molecule has 0 radical (unpaired) electrons. The van der Waals surface area contributed by atoms with E-state index in [1.807, 2.05) is 21.6 Å². The Morgan fingerprint density at radius 2 is 1.60 bits per heavy atom. The Balaban J connectivity index is 0.000000959. The fourth-order valence-electron chi connectivity index (χ4n) is 6.92. The molecule has 0 aliphatic heterocycles. The Kier molecular flexibility index (Phi) is 19.3. The van der Waals surface area contributed by atoms with Gasteiger partial charge in [-0.2, -0.15) is 57.8 Å². The number of alkyl halides is 9. The topological polar surface area (TPSA) is 18.5 Å². The molecule has 0 aromatic heterocycles. The van der Waals surface area contributed by atoms with Crippen LogP contribution in [0.15, 0.2) is 18.2 Å². The summed E-state index contributed by atoms with van der Waals surface area (Å²) in [6, 6.07) is 6.99. The van der Waals surface area contributed by atoms with Gasteiger partial charge in [-0.3, -0.25) is 0 Å². The molecule has 2 unspecified atom stereocenters. The van der Waals surface area contributed by atoms with Crippen molar-refractivity contribution in [3.63, 3.8) is 0 Å². The van der Waals surface area contributed by atoms with E-state index < -0.39 is 37.2 Å². The van der Waals surface area contributed by atoms with Crippen LogP contribution in [0.2, 0.25) is 0 Å². The van der Waals surface area contributed by atoms with Crippen LogP contribution in [-0.4, -0.2) is 47.8 Å². The fraction of sp³-hybridized carbons (Fsp3) is 0.697. The molecule has 6 atom stereocenters. The number of halogens is 9. The Bertz CT molecular complexity index is 1080. The van der Waals surface area contributed by atoms with Crippen LogP contribution in [-0.2, 0) is 32.2 Å². The molecule has 0 saturated heterocycles. The number of fused-ring (bicyclic) bond motifs is 5. The maximum absolute atomic E-state index is 12.1. The molecule has 48 heavy (non-hydrogen) atoms. The molecular formula is C33H45F9O2S2UW. The molecular weight excluding hydrogens is 1090 g/mol. The second kappa shape index (κ2) is 19.7. The average Bonchev–Trinajstić information content (AvgIpc) is 3.37. The van der Waals surface area contributed by atoms with E-state index in [0.29, 0.717) is 15.9 Å². The van der Waals surface area contributed by atoms with E-state index in [1.54, 1.807) is 11.1 Å². The maximum Gasteiger partial charge on any atom is 2.00 e. The van der Waals surface area contributed by atoms with Gasteiger partial charge in [0.1, 0.15) is 5.75 Å². The zero-order valence-corrected chi connectivity index (χ0v) is 36.1. The first-order valence-corrected chi connectivity index (χ1v) is 17.4. The molecule has 2 nitrogen and oxygen atoms in total. The van der Waals surface area contributed by atoms with Gasteiger partial charge < -0.3 is 37.1 Å². The summed E-state index contributed by atoms with van der Waals surface area (Å²) in [5.74, 6) is 3.69. The molecule has 3 aliphatic rings. The molecule has 1 aromatic carbocycles. The third-order valence-electron chi connectivity index (χ3n) is 9.06. The van der Waals surface area contributed by atoms with Crippen LogP contribution in [0.3, 0.4) is 0 Å². The van der Waals surface area contributed by atoms with Gasteiger partial charge in [0.05, 0.1) is 6.61 Å². The van der Waals surface area contributed by atoms with Gasteiger partial charge in [0.2, 0.25) is 0 Å². The van der Waals surface area contributed by atoms with Crippen LogP contribution in [0.1, 0.15) is 84.1 Å². The number of ether oxygens (including phenoxy) is 2. The quantitative estimate of drug-likeness (QED) is 0.132. The number of benzene rings is 1. The van der Waals surface area contributed by atoms with Crippen LogP contribution in [0.4, 0.5) is 39.5 Å². The van der Waals surface area contributed by atoms with Crippen molar-refractivity contribution in [3.8, 4) is 5.75 Å². The van der Waals surface area contributed by atoms with E-state index in [2.05, 4.69) is 71.4 Å². The summed E-state index contributed by atoms with van der Waals surface area (Å²) in [4.78, 5) is 0. The summed E-state index contributed by atoms with van der Waals surface area (Å²) < 4.78 is 124. The van der Waals surface area contributed by atoms with Crippen molar-refractivity contribution in [1.29, 1.82) is 0 Å². The summed E-state index contributed by atoms with van der Waals surface area (Å²) >= 11 is 0. The van der Waals surface area contributed by atoms with Gasteiger partial charge in [-0.25, -0.2) is 1.37 Å². The van der Waals surface area contributed by atoms with Gasteiger partial charge in [0, 0.05) is 11.9 Å². The molecule has 1 aromatic rings. The molecule has 0 N–H and O–H groups in total. The predicted octanol–water partition coefficient (Wildman–Crippen LogP) is 11.6. The first-order valence-electron chi connectivity index (χ1n) is 15.9. The van der Waals surface area contributed by atoms with Crippen LogP contribution in [0.5, 0.6) is 5.75 Å². The SMILES string of the molecule is [2H][CH2-].[CH2-]C(C)SSC(C)CCOc1ccc2c(c1)CC[C@@H]1[C@@H]2CC[C@]2(C)[CH-]CC[C@@H]12.[CH2-]CCOC(C(F)(F)F)(C(F)(F)F)C(F)(F)F.[U+2].[W+2]. The van der Waals surface area contributed by atoms with Crippen molar-refractivity contribution < 1.29 is 103 Å². The summed E-state index contributed by atoms with van der Waals surface area (Å²) in [5, 5.41) is 1.05. The predicted molar refractivity (Wildman–Crippen MR) is 168 cm³/mol. The van der Waals surface area contributed by atoms with Crippen LogP contribution < -0.4 is 4.74 Å². The summed E-state index contributed by atoms with van der Waals surface area (Å²) in [6.45, 7) is 13.2. The number of rotatable bonds is 10. The van der Waals surface area contributed by atoms with E-state index >= 15 is 0 Å². The number of aryl methyl sites for hydroxylation is 1. The van der Waals surface area contributed by atoms with E-state index in [0.717, 1.165) is 36.5 Å².